The summed E-state index contributed by atoms with van der Waals surface area (Å²) < 4.78 is 11.6. The van der Waals surface area contributed by atoms with E-state index >= 15 is 0 Å². The van der Waals surface area contributed by atoms with E-state index in [1.165, 1.54) is 5.57 Å². The monoisotopic (exact) mass is 418 g/mol. The highest BCUT2D eigenvalue weighted by Crippen LogP contribution is 2.45. The Balaban J connectivity index is 1.76. The number of esters is 2. The van der Waals surface area contributed by atoms with Gasteiger partial charge in [-0.2, -0.15) is 0 Å². The summed E-state index contributed by atoms with van der Waals surface area (Å²) in [4.78, 5) is 24.6. The standard InChI is InChI=1S/C25H38O5/c1-6-25(4,5)24(28)30-21-12-15(2)11-17-8-7-16(3)20(23(17)21)10-9-19-13-18(26)14-22(27)29-19/h7-8,11,15-16,18-21,23,26H,6,9-10,12-14H2,1-5H3/t15-,16+,18-,19+,20+,21+,23+/m0/s1. The van der Waals surface area contributed by atoms with Gasteiger partial charge in [-0.1, -0.05) is 39.0 Å². The highest BCUT2D eigenvalue weighted by atomic mass is 16.6. The third kappa shape index (κ3) is 5.16. The second-order valence-electron chi connectivity index (χ2n) is 10.3. The van der Waals surface area contributed by atoms with Crippen LogP contribution in [-0.2, 0) is 19.1 Å². The number of hydrogen-bond donors (Lipinski definition) is 1. The van der Waals surface area contributed by atoms with Crippen LogP contribution in [0.15, 0.2) is 23.8 Å². The van der Waals surface area contributed by atoms with Crippen LogP contribution in [0.25, 0.3) is 0 Å². The smallest absolute Gasteiger partial charge is 0.311 e. The van der Waals surface area contributed by atoms with E-state index in [2.05, 4.69) is 32.1 Å². The first-order valence-corrected chi connectivity index (χ1v) is 11.6. The quantitative estimate of drug-likeness (QED) is 0.639. The van der Waals surface area contributed by atoms with Crippen LogP contribution in [0.5, 0.6) is 0 Å². The van der Waals surface area contributed by atoms with Gasteiger partial charge in [0.25, 0.3) is 0 Å². The molecular formula is C25H38O5. The zero-order chi connectivity index (χ0) is 22.1. The summed E-state index contributed by atoms with van der Waals surface area (Å²) in [6, 6.07) is 0. The molecule has 0 aromatic rings. The van der Waals surface area contributed by atoms with E-state index in [4.69, 9.17) is 9.47 Å². The Morgan fingerprint density at radius 2 is 2.00 bits per heavy atom. The molecule has 1 heterocycles. The van der Waals surface area contributed by atoms with E-state index in [-0.39, 0.29) is 36.5 Å². The highest BCUT2D eigenvalue weighted by molar-refractivity contribution is 5.76. The van der Waals surface area contributed by atoms with Crippen LogP contribution in [0.3, 0.4) is 0 Å². The van der Waals surface area contributed by atoms with Crippen molar-refractivity contribution < 1.29 is 24.2 Å². The summed E-state index contributed by atoms with van der Waals surface area (Å²) in [6.07, 6.45) is 9.61. The molecule has 0 unspecified atom stereocenters. The molecule has 3 rings (SSSR count). The fourth-order valence-electron chi connectivity index (χ4n) is 5.08. The van der Waals surface area contributed by atoms with Crippen molar-refractivity contribution in [2.24, 2.45) is 29.1 Å². The first kappa shape index (κ1) is 23.1. The summed E-state index contributed by atoms with van der Waals surface area (Å²) in [5.41, 5.74) is 0.785. The number of carbonyl (C=O) groups excluding carboxylic acids is 2. The molecule has 1 fully saturated rings. The first-order valence-electron chi connectivity index (χ1n) is 11.6. The molecule has 0 aromatic heterocycles. The molecule has 0 spiro atoms. The number of aliphatic hydroxyl groups is 1. The van der Waals surface area contributed by atoms with Crippen LogP contribution in [-0.4, -0.2) is 35.4 Å². The molecule has 1 saturated heterocycles. The predicted octanol–water partition coefficient (Wildman–Crippen LogP) is 4.59. The van der Waals surface area contributed by atoms with Crippen LogP contribution in [0.1, 0.15) is 73.1 Å². The van der Waals surface area contributed by atoms with Crippen molar-refractivity contribution in [3.63, 3.8) is 0 Å². The Labute approximate surface area is 180 Å². The number of allylic oxidation sites excluding steroid dienone is 3. The molecule has 1 aliphatic heterocycles. The number of carbonyl (C=O) groups is 2. The Morgan fingerprint density at radius 3 is 2.67 bits per heavy atom. The van der Waals surface area contributed by atoms with Crippen molar-refractivity contribution in [3.05, 3.63) is 23.8 Å². The van der Waals surface area contributed by atoms with Gasteiger partial charge in [0.1, 0.15) is 12.2 Å². The first-order chi connectivity index (χ1) is 14.1. The zero-order valence-corrected chi connectivity index (χ0v) is 19.1. The Hall–Kier alpha value is -1.62. The molecule has 30 heavy (non-hydrogen) atoms. The molecule has 0 radical (unpaired) electrons. The summed E-state index contributed by atoms with van der Waals surface area (Å²) >= 11 is 0. The maximum Gasteiger partial charge on any atom is 0.311 e. The molecule has 7 atom stereocenters. The van der Waals surface area contributed by atoms with E-state index in [1.54, 1.807) is 0 Å². The van der Waals surface area contributed by atoms with Crippen LogP contribution in [0.4, 0.5) is 0 Å². The minimum atomic E-state index is -0.601. The summed E-state index contributed by atoms with van der Waals surface area (Å²) in [7, 11) is 0. The molecule has 0 saturated carbocycles. The van der Waals surface area contributed by atoms with Gasteiger partial charge >= 0.3 is 11.9 Å². The summed E-state index contributed by atoms with van der Waals surface area (Å²) in [5.74, 6) is 0.776. The largest absolute Gasteiger partial charge is 0.462 e. The second kappa shape index (κ2) is 9.25. The van der Waals surface area contributed by atoms with E-state index in [1.807, 2.05) is 20.8 Å². The predicted molar refractivity (Wildman–Crippen MR) is 115 cm³/mol. The lowest BCUT2D eigenvalue weighted by molar-refractivity contribution is -0.166. The number of hydrogen-bond acceptors (Lipinski definition) is 5. The third-order valence-electron chi connectivity index (χ3n) is 7.35. The molecular weight excluding hydrogens is 380 g/mol. The number of ether oxygens (including phenoxy) is 2. The lowest BCUT2D eigenvalue weighted by Gasteiger charge is -2.44. The number of cyclic esters (lactones) is 1. The molecule has 0 bridgehead atoms. The van der Waals surface area contributed by atoms with Gasteiger partial charge in [-0.15, -0.1) is 0 Å². The van der Waals surface area contributed by atoms with Gasteiger partial charge in [0.15, 0.2) is 0 Å². The number of aliphatic hydroxyl groups excluding tert-OH is 1. The minimum Gasteiger partial charge on any atom is -0.462 e. The Kier molecular flexibility index (Phi) is 7.11. The normalized spacial score (nSPS) is 36.5. The molecule has 5 heteroatoms. The average Bonchev–Trinajstić information content (AvgIpc) is 2.66. The molecule has 0 amide bonds. The van der Waals surface area contributed by atoms with Crippen LogP contribution in [0.2, 0.25) is 0 Å². The van der Waals surface area contributed by atoms with E-state index in [9.17, 15) is 14.7 Å². The third-order valence-corrected chi connectivity index (χ3v) is 7.35. The zero-order valence-electron chi connectivity index (χ0n) is 19.1. The molecule has 3 aliphatic rings. The SMILES string of the molecule is CCC(C)(C)C(=O)O[C@@H]1C[C@@H](C)C=C2C=C[C@@H](C)[C@@H](CC[C@@H]3C[C@H](O)CC(=O)O3)[C@@H]21. The number of fused-ring (bicyclic) bond motifs is 1. The van der Waals surface area contributed by atoms with Gasteiger partial charge in [-0.3, -0.25) is 9.59 Å². The van der Waals surface area contributed by atoms with Gasteiger partial charge in [0.2, 0.25) is 0 Å². The lowest BCUT2D eigenvalue weighted by Crippen LogP contribution is -2.43. The Bertz CT molecular complexity index is 706. The van der Waals surface area contributed by atoms with Crippen molar-refractivity contribution in [1.82, 2.24) is 0 Å². The van der Waals surface area contributed by atoms with Crippen molar-refractivity contribution in [1.29, 1.82) is 0 Å². The van der Waals surface area contributed by atoms with Gasteiger partial charge < -0.3 is 14.6 Å². The van der Waals surface area contributed by atoms with Crippen molar-refractivity contribution in [3.8, 4) is 0 Å². The van der Waals surface area contributed by atoms with E-state index < -0.39 is 11.5 Å². The van der Waals surface area contributed by atoms with Crippen molar-refractivity contribution >= 4 is 11.9 Å². The van der Waals surface area contributed by atoms with Gasteiger partial charge in [0, 0.05) is 12.3 Å². The van der Waals surface area contributed by atoms with Gasteiger partial charge in [-0.25, -0.2) is 0 Å². The van der Waals surface area contributed by atoms with Gasteiger partial charge in [0.05, 0.1) is 17.9 Å². The van der Waals surface area contributed by atoms with Crippen molar-refractivity contribution in [2.45, 2.75) is 91.5 Å². The van der Waals surface area contributed by atoms with E-state index in [0.717, 1.165) is 25.7 Å². The molecule has 5 nitrogen and oxygen atoms in total. The Morgan fingerprint density at radius 1 is 1.27 bits per heavy atom. The fourth-order valence-corrected chi connectivity index (χ4v) is 5.08. The lowest BCUT2D eigenvalue weighted by atomic mass is 9.65. The molecule has 168 valence electrons. The molecule has 2 aliphatic carbocycles. The van der Waals surface area contributed by atoms with Gasteiger partial charge in [-0.05, 0) is 62.9 Å². The average molecular weight is 419 g/mol. The topological polar surface area (TPSA) is 72.8 Å². The summed E-state index contributed by atoms with van der Waals surface area (Å²) in [5, 5.41) is 9.92. The molecule has 0 aromatic carbocycles. The second-order valence-corrected chi connectivity index (χ2v) is 10.3. The van der Waals surface area contributed by atoms with Crippen LogP contribution < -0.4 is 0 Å². The minimum absolute atomic E-state index is 0.0949. The molecule has 1 N–H and O–H groups in total. The maximum absolute atomic E-state index is 12.9. The van der Waals surface area contributed by atoms with Crippen molar-refractivity contribution in [2.75, 3.05) is 0 Å². The van der Waals surface area contributed by atoms with Crippen LogP contribution in [0, 0.1) is 29.1 Å². The van der Waals surface area contributed by atoms with Crippen LogP contribution >= 0.6 is 0 Å². The number of rotatable bonds is 6. The summed E-state index contributed by atoms with van der Waals surface area (Å²) in [6.45, 7) is 10.3. The highest BCUT2D eigenvalue weighted by Gasteiger charge is 2.43. The van der Waals surface area contributed by atoms with E-state index in [0.29, 0.717) is 24.2 Å². The fraction of sp³-hybridized carbons (Fsp3) is 0.760. The maximum atomic E-state index is 12.9.